The van der Waals surface area contributed by atoms with Crippen molar-refractivity contribution in [3.8, 4) is 6.07 Å². The number of amides is 2. The fourth-order valence-corrected chi connectivity index (χ4v) is 4.09. The minimum absolute atomic E-state index is 0.109. The molecule has 1 fully saturated rings. The third-order valence-electron chi connectivity index (χ3n) is 4.31. The van der Waals surface area contributed by atoms with Crippen molar-refractivity contribution in [3.63, 3.8) is 0 Å². The third-order valence-corrected chi connectivity index (χ3v) is 5.49. The highest BCUT2D eigenvalue weighted by Crippen LogP contribution is 2.34. The van der Waals surface area contributed by atoms with Crippen LogP contribution in [-0.2, 0) is 16.0 Å². The van der Waals surface area contributed by atoms with E-state index in [-0.39, 0.29) is 18.2 Å². The monoisotopic (exact) mass is 379 g/mol. The van der Waals surface area contributed by atoms with Crippen LogP contribution < -0.4 is 4.90 Å². The highest BCUT2D eigenvalue weighted by atomic mass is 32.2. The molecule has 6 heteroatoms. The minimum Gasteiger partial charge on any atom is -0.274 e. The molecule has 0 spiro atoms. The normalized spacial score (nSPS) is 16.9. The summed E-state index contributed by atoms with van der Waals surface area (Å²) in [5.41, 5.74) is 2.97. The van der Waals surface area contributed by atoms with Gasteiger partial charge in [-0.15, -0.1) is 0 Å². The Kier molecular flexibility index (Phi) is 5.62. The molecule has 1 atom stereocenters. The Morgan fingerprint density at radius 3 is 2.56 bits per heavy atom. The van der Waals surface area contributed by atoms with Gasteiger partial charge in [0.2, 0.25) is 11.8 Å². The molecule has 0 aliphatic carbocycles. The molecule has 1 aliphatic heterocycles. The Balaban J connectivity index is 1.84. The molecule has 1 aromatic carbocycles. The second-order valence-electron chi connectivity index (χ2n) is 7.08. The molecule has 138 valence electrons. The van der Waals surface area contributed by atoms with Crippen molar-refractivity contribution in [2.24, 2.45) is 5.92 Å². The summed E-state index contributed by atoms with van der Waals surface area (Å²) < 4.78 is 0. The molecule has 5 nitrogen and oxygen atoms in total. The molecule has 0 bridgehead atoms. The summed E-state index contributed by atoms with van der Waals surface area (Å²) in [4.78, 5) is 31.1. The maximum atomic E-state index is 12.8. The summed E-state index contributed by atoms with van der Waals surface area (Å²) in [6.45, 7) is 6.16. The molecule has 0 radical (unpaired) electrons. The van der Waals surface area contributed by atoms with Gasteiger partial charge in [-0.3, -0.25) is 9.59 Å². The van der Waals surface area contributed by atoms with Crippen LogP contribution in [0.2, 0.25) is 0 Å². The summed E-state index contributed by atoms with van der Waals surface area (Å²) in [6.07, 6.45) is 0.907. The van der Waals surface area contributed by atoms with Crippen molar-refractivity contribution in [2.45, 2.75) is 43.9 Å². The molecule has 1 aliphatic rings. The second kappa shape index (κ2) is 7.93. The Bertz CT molecular complexity index is 916. The molecule has 2 amide bonds. The van der Waals surface area contributed by atoms with E-state index in [1.165, 1.54) is 16.7 Å². The lowest BCUT2D eigenvalue weighted by molar-refractivity contribution is -0.121. The van der Waals surface area contributed by atoms with Gasteiger partial charge in [-0.25, -0.2) is 9.88 Å². The van der Waals surface area contributed by atoms with Crippen LogP contribution >= 0.6 is 11.8 Å². The molecule has 0 N–H and O–H groups in total. The van der Waals surface area contributed by atoms with E-state index in [4.69, 9.17) is 0 Å². The molecule has 3 rings (SSSR count). The highest BCUT2D eigenvalue weighted by Gasteiger charge is 2.40. The number of nitriles is 1. The first-order valence-corrected chi connectivity index (χ1v) is 9.77. The Labute approximate surface area is 163 Å². The molecular weight excluding hydrogens is 358 g/mol. The zero-order valence-corrected chi connectivity index (χ0v) is 16.4. The number of hydrogen-bond donors (Lipinski definition) is 0. The average Bonchev–Trinajstić information content (AvgIpc) is 2.89. The van der Waals surface area contributed by atoms with Crippen LogP contribution in [-0.4, -0.2) is 22.0 Å². The van der Waals surface area contributed by atoms with Crippen LogP contribution in [0.15, 0.2) is 41.4 Å². The van der Waals surface area contributed by atoms with Gasteiger partial charge in [0.1, 0.15) is 11.1 Å². The Morgan fingerprint density at radius 1 is 1.22 bits per heavy atom. The van der Waals surface area contributed by atoms with Crippen LogP contribution in [0, 0.1) is 24.2 Å². The molecule has 1 saturated heterocycles. The van der Waals surface area contributed by atoms with E-state index in [1.54, 1.807) is 18.2 Å². The Hall–Kier alpha value is -2.65. The van der Waals surface area contributed by atoms with Crippen molar-refractivity contribution < 1.29 is 9.59 Å². The number of benzene rings is 1. The molecule has 2 aromatic rings. The molecule has 0 saturated carbocycles. The number of imide groups is 1. The lowest BCUT2D eigenvalue weighted by Crippen LogP contribution is -2.31. The summed E-state index contributed by atoms with van der Waals surface area (Å²) in [6, 6.07) is 13.0. The number of rotatable bonds is 5. The summed E-state index contributed by atoms with van der Waals surface area (Å²) in [5.74, 6) is -0.0398. The van der Waals surface area contributed by atoms with Crippen molar-refractivity contribution in [1.82, 2.24) is 4.98 Å². The van der Waals surface area contributed by atoms with Gasteiger partial charge >= 0.3 is 0 Å². The van der Waals surface area contributed by atoms with Crippen LogP contribution in [0.3, 0.4) is 0 Å². The molecular formula is C21H21N3O2S. The van der Waals surface area contributed by atoms with E-state index in [1.807, 2.05) is 25.1 Å². The van der Waals surface area contributed by atoms with Crippen molar-refractivity contribution >= 4 is 29.3 Å². The lowest BCUT2D eigenvalue weighted by atomic mass is 10.1. The van der Waals surface area contributed by atoms with E-state index in [0.29, 0.717) is 22.2 Å². The summed E-state index contributed by atoms with van der Waals surface area (Å²) in [7, 11) is 0. The van der Waals surface area contributed by atoms with Gasteiger partial charge in [0.25, 0.3) is 0 Å². The van der Waals surface area contributed by atoms with Gasteiger partial charge in [0.15, 0.2) is 0 Å². The van der Waals surface area contributed by atoms with E-state index >= 15 is 0 Å². The fourth-order valence-electron chi connectivity index (χ4n) is 2.98. The number of carbonyl (C=O) groups excluding carboxylic acids is 2. The van der Waals surface area contributed by atoms with Gasteiger partial charge in [-0.05, 0) is 43.5 Å². The highest BCUT2D eigenvalue weighted by molar-refractivity contribution is 8.00. The first kappa shape index (κ1) is 19.1. The first-order valence-electron chi connectivity index (χ1n) is 8.89. The van der Waals surface area contributed by atoms with E-state index < -0.39 is 5.25 Å². The first-order chi connectivity index (χ1) is 12.9. The van der Waals surface area contributed by atoms with Gasteiger partial charge in [0.05, 0.1) is 16.5 Å². The number of carbonyl (C=O) groups is 2. The zero-order valence-electron chi connectivity index (χ0n) is 15.6. The molecule has 1 unspecified atom stereocenters. The fraction of sp³-hybridized carbons (Fsp3) is 0.333. The van der Waals surface area contributed by atoms with Crippen molar-refractivity contribution in [1.29, 1.82) is 5.26 Å². The predicted octanol–water partition coefficient (Wildman–Crippen LogP) is 3.88. The number of pyridine rings is 1. The predicted molar refractivity (Wildman–Crippen MR) is 105 cm³/mol. The van der Waals surface area contributed by atoms with Gasteiger partial charge in [-0.1, -0.05) is 43.3 Å². The van der Waals surface area contributed by atoms with Crippen molar-refractivity contribution in [3.05, 3.63) is 53.2 Å². The van der Waals surface area contributed by atoms with Gasteiger partial charge in [-0.2, -0.15) is 5.26 Å². The van der Waals surface area contributed by atoms with Gasteiger partial charge < -0.3 is 0 Å². The standard InChI is InChI=1S/C21H21N3O2S/c1-13(2)10-16-7-6-15(12-22)20(23-16)27-18-11-19(25)24(21(18)26)17-8-4-14(3)5-9-17/h4-9,13,18H,10-11H2,1-3H3. The summed E-state index contributed by atoms with van der Waals surface area (Å²) >= 11 is 1.21. The Morgan fingerprint density at radius 2 is 1.93 bits per heavy atom. The number of thioether (sulfide) groups is 1. The van der Waals surface area contributed by atoms with E-state index in [9.17, 15) is 14.9 Å². The number of aryl methyl sites for hydroxylation is 1. The zero-order chi connectivity index (χ0) is 19.6. The number of anilines is 1. The van der Waals surface area contributed by atoms with Crippen LogP contribution in [0.25, 0.3) is 0 Å². The van der Waals surface area contributed by atoms with E-state index in [0.717, 1.165) is 17.7 Å². The average molecular weight is 379 g/mol. The number of hydrogen-bond acceptors (Lipinski definition) is 5. The van der Waals surface area contributed by atoms with Gasteiger partial charge in [0, 0.05) is 12.1 Å². The maximum Gasteiger partial charge on any atom is 0.247 e. The quantitative estimate of drug-likeness (QED) is 0.737. The third kappa shape index (κ3) is 4.20. The topological polar surface area (TPSA) is 74.1 Å². The summed E-state index contributed by atoms with van der Waals surface area (Å²) in [5, 5.41) is 9.33. The smallest absolute Gasteiger partial charge is 0.247 e. The van der Waals surface area contributed by atoms with Crippen LogP contribution in [0.4, 0.5) is 5.69 Å². The molecule has 27 heavy (non-hydrogen) atoms. The molecule has 1 aromatic heterocycles. The van der Waals surface area contributed by atoms with Crippen LogP contribution in [0.5, 0.6) is 0 Å². The van der Waals surface area contributed by atoms with Crippen LogP contribution in [0.1, 0.15) is 37.1 Å². The largest absolute Gasteiger partial charge is 0.274 e. The minimum atomic E-state index is -0.562. The molecule has 2 heterocycles. The SMILES string of the molecule is Cc1ccc(N2C(=O)CC(Sc3nc(CC(C)C)ccc3C#N)C2=O)cc1. The number of aromatic nitrogens is 1. The number of nitrogens with zero attached hydrogens (tertiary/aromatic N) is 3. The second-order valence-corrected chi connectivity index (χ2v) is 8.27. The van der Waals surface area contributed by atoms with Crippen molar-refractivity contribution in [2.75, 3.05) is 4.90 Å². The lowest BCUT2D eigenvalue weighted by Gasteiger charge is -2.15. The van der Waals surface area contributed by atoms with E-state index in [2.05, 4.69) is 24.9 Å². The maximum absolute atomic E-state index is 12.8.